The maximum atomic E-state index is 13.4. The fourth-order valence-corrected chi connectivity index (χ4v) is 4.68. The number of ether oxygens (including phenoxy) is 1. The van der Waals surface area contributed by atoms with Crippen molar-refractivity contribution in [1.82, 2.24) is 14.9 Å². The largest absolute Gasteiger partial charge is 0.496 e. The Balaban J connectivity index is 1.61. The summed E-state index contributed by atoms with van der Waals surface area (Å²) in [5.41, 5.74) is 1.13. The van der Waals surface area contributed by atoms with Gasteiger partial charge in [0.25, 0.3) is 5.92 Å². The van der Waals surface area contributed by atoms with Crippen molar-refractivity contribution in [3.63, 3.8) is 0 Å². The fraction of sp³-hybridized carbons (Fsp3) is 0.412. The lowest BCUT2D eigenvalue weighted by atomic mass is 9.82. The second-order valence-electron chi connectivity index (χ2n) is 6.79. The fourth-order valence-electron chi connectivity index (χ4n) is 3.22. The Morgan fingerprint density at radius 3 is 2.86 bits per heavy atom. The van der Waals surface area contributed by atoms with E-state index in [-0.39, 0.29) is 18.7 Å². The lowest BCUT2D eigenvalue weighted by molar-refractivity contribution is -0.122. The SMILES string of the molecule is COc1cc(Cn2cccn2)cc2onc(NS(=O)(=O)CC3CCC3(F)F)c12. The first-order valence-corrected chi connectivity index (χ1v) is 10.2. The summed E-state index contributed by atoms with van der Waals surface area (Å²) in [5, 5.41) is 8.22. The topological polar surface area (TPSA) is 99.2 Å². The van der Waals surface area contributed by atoms with Crippen molar-refractivity contribution in [2.24, 2.45) is 5.92 Å². The summed E-state index contributed by atoms with van der Waals surface area (Å²) in [7, 11) is -2.59. The molecule has 8 nitrogen and oxygen atoms in total. The van der Waals surface area contributed by atoms with E-state index < -0.39 is 27.6 Å². The van der Waals surface area contributed by atoms with Crippen LogP contribution in [0.2, 0.25) is 0 Å². The third kappa shape index (κ3) is 3.53. The predicted octanol–water partition coefficient (Wildman–Crippen LogP) is 2.87. The van der Waals surface area contributed by atoms with Gasteiger partial charge in [0.1, 0.15) is 11.1 Å². The van der Waals surface area contributed by atoms with Gasteiger partial charge in [0.15, 0.2) is 11.4 Å². The molecule has 0 amide bonds. The standard InChI is InChI=1S/C17H18F2N4O4S/c1-26-13-7-11(9-23-6-2-5-20-23)8-14-15(13)16(21-27-14)22-28(24,25)10-12-3-4-17(12,18)19/h2,5-8,12H,3-4,9-10H2,1H3,(H,21,22). The van der Waals surface area contributed by atoms with E-state index >= 15 is 0 Å². The Hall–Kier alpha value is -2.69. The number of halogens is 2. The molecule has 1 N–H and O–H groups in total. The molecule has 1 atom stereocenters. The molecule has 4 rings (SSSR count). The molecule has 0 radical (unpaired) electrons. The summed E-state index contributed by atoms with van der Waals surface area (Å²) < 4.78 is 66.1. The highest BCUT2D eigenvalue weighted by atomic mass is 32.2. The van der Waals surface area contributed by atoms with Gasteiger partial charge in [-0.05, 0) is 30.2 Å². The molecule has 2 aromatic heterocycles. The van der Waals surface area contributed by atoms with Crippen LogP contribution in [0.25, 0.3) is 11.0 Å². The number of hydrogen-bond acceptors (Lipinski definition) is 6. The Morgan fingerprint density at radius 1 is 1.43 bits per heavy atom. The van der Waals surface area contributed by atoms with Crippen LogP contribution in [0, 0.1) is 5.92 Å². The zero-order valence-corrected chi connectivity index (χ0v) is 15.7. The number of alkyl halides is 2. The van der Waals surface area contributed by atoms with Crippen molar-refractivity contribution >= 4 is 26.8 Å². The number of hydrogen-bond donors (Lipinski definition) is 1. The van der Waals surface area contributed by atoms with Crippen LogP contribution in [0.4, 0.5) is 14.6 Å². The Bertz CT molecular complexity index is 1100. The van der Waals surface area contributed by atoms with E-state index in [2.05, 4.69) is 15.0 Å². The highest BCUT2D eigenvalue weighted by Crippen LogP contribution is 2.44. The highest BCUT2D eigenvalue weighted by Gasteiger charge is 2.50. The van der Waals surface area contributed by atoms with E-state index in [4.69, 9.17) is 9.26 Å². The van der Waals surface area contributed by atoms with Crippen molar-refractivity contribution in [3.05, 3.63) is 36.2 Å². The van der Waals surface area contributed by atoms with Crippen LogP contribution in [0.3, 0.4) is 0 Å². The maximum absolute atomic E-state index is 13.4. The van der Waals surface area contributed by atoms with Gasteiger partial charge in [-0.3, -0.25) is 9.40 Å². The zero-order valence-electron chi connectivity index (χ0n) is 14.9. The quantitative estimate of drug-likeness (QED) is 0.641. The van der Waals surface area contributed by atoms with Gasteiger partial charge in [-0.15, -0.1) is 0 Å². The van der Waals surface area contributed by atoms with E-state index in [0.717, 1.165) is 5.56 Å². The summed E-state index contributed by atoms with van der Waals surface area (Å²) in [6.07, 6.45) is 3.34. The molecule has 1 unspecified atom stereocenters. The van der Waals surface area contributed by atoms with Crippen LogP contribution in [0.1, 0.15) is 18.4 Å². The molecule has 150 valence electrons. The highest BCUT2D eigenvalue weighted by molar-refractivity contribution is 7.92. The number of aromatic nitrogens is 3. The smallest absolute Gasteiger partial charge is 0.252 e. The van der Waals surface area contributed by atoms with Crippen molar-refractivity contribution in [3.8, 4) is 5.75 Å². The second-order valence-corrected chi connectivity index (χ2v) is 8.55. The van der Waals surface area contributed by atoms with Gasteiger partial charge in [-0.25, -0.2) is 17.2 Å². The maximum Gasteiger partial charge on any atom is 0.252 e. The minimum atomic E-state index is -4.03. The average Bonchev–Trinajstić information content (AvgIpc) is 3.28. The first-order chi connectivity index (χ1) is 13.3. The monoisotopic (exact) mass is 412 g/mol. The molecular weight excluding hydrogens is 394 g/mol. The lowest BCUT2D eigenvalue weighted by Gasteiger charge is -2.35. The van der Waals surface area contributed by atoms with Crippen molar-refractivity contribution < 1.29 is 26.5 Å². The van der Waals surface area contributed by atoms with Gasteiger partial charge >= 0.3 is 0 Å². The summed E-state index contributed by atoms with van der Waals surface area (Å²) in [5.74, 6) is -4.54. The predicted molar refractivity (Wildman–Crippen MR) is 97.0 cm³/mol. The first kappa shape index (κ1) is 18.7. The number of nitrogens with one attached hydrogen (secondary N) is 1. The van der Waals surface area contributed by atoms with Gasteiger partial charge in [-0.2, -0.15) is 5.10 Å². The molecule has 28 heavy (non-hydrogen) atoms. The number of sulfonamides is 1. The first-order valence-electron chi connectivity index (χ1n) is 8.59. The molecule has 3 aromatic rings. The molecule has 1 aliphatic rings. The molecule has 1 aromatic carbocycles. The summed E-state index contributed by atoms with van der Waals surface area (Å²) in [6.45, 7) is 0.456. The van der Waals surface area contributed by atoms with E-state index in [9.17, 15) is 17.2 Å². The molecule has 2 heterocycles. The van der Waals surface area contributed by atoms with Gasteiger partial charge in [0, 0.05) is 24.7 Å². The minimum Gasteiger partial charge on any atom is -0.496 e. The Morgan fingerprint density at radius 2 is 2.25 bits per heavy atom. The number of benzene rings is 1. The second kappa shape index (κ2) is 6.73. The molecule has 0 bridgehead atoms. The van der Waals surface area contributed by atoms with Crippen molar-refractivity contribution in [2.45, 2.75) is 25.3 Å². The van der Waals surface area contributed by atoms with E-state index in [1.54, 1.807) is 35.3 Å². The number of rotatable bonds is 7. The van der Waals surface area contributed by atoms with Crippen LogP contribution in [-0.2, 0) is 16.6 Å². The normalized spacial score (nSPS) is 18.8. The molecule has 1 aliphatic carbocycles. The minimum absolute atomic E-state index is 0.0832. The molecule has 11 heteroatoms. The number of fused-ring (bicyclic) bond motifs is 1. The van der Waals surface area contributed by atoms with Gasteiger partial charge < -0.3 is 9.26 Å². The van der Waals surface area contributed by atoms with Gasteiger partial charge in [0.2, 0.25) is 10.0 Å². The number of nitrogens with zero attached hydrogens (tertiary/aromatic N) is 3. The average molecular weight is 412 g/mol. The third-order valence-electron chi connectivity index (χ3n) is 4.82. The molecule has 0 saturated heterocycles. The third-order valence-corrected chi connectivity index (χ3v) is 6.16. The van der Waals surface area contributed by atoms with Crippen LogP contribution in [0.5, 0.6) is 5.75 Å². The van der Waals surface area contributed by atoms with Crippen molar-refractivity contribution in [2.75, 3.05) is 17.6 Å². The molecule has 0 spiro atoms. The molecule has 1 saturated carbocycles. The van der Waals surface area contributed by atoms with E-state index in [0.29, 0.717) is 23.3 Å². The van der Waals surface area contributed by atoms with Crippen molar-refractivity contribution in [1.29, 1.82) is 0 Å². The Labute approximate surface area is 159 Å². The van der Waals surface area contributed by atoms with E-state index in [1.165, 1.54) is 7.11 Å². The molecule has 1 fully saturated rings. The van der Waals surface area contributed by atoms with Gasteiger partial charge in [-0.1, -0.05) is 5.16 Å². The van der Waals surface area contributed by atoms with E-state index in [1.807, 2.05) is 0 Å². The van der Waals surface area contributed by atoms with Gasteiger partial charge in [0.05, 0.1) is 19.4 Å². The summed E-state index contributed by atoms with van der Waals surface area (Å²) in [4.78, 5) is 0. The number of anilines is 1. The summed E-state index contributed by atoms with van der Waals surface area (Å²) in [6, 6.07) is 5.21. The van der Waals surface area contributed by atoms with Crippen LogP contribution in [-0.4, -0.2) is 42.1 Å². The lowest BCUT2D eigenvalue weighted by Crippen LogP contribution is -2.43. The Kier molecular flexibility index (Phi) is 4.48. The zero-order chi connectivity index (χ0) is 19.9. The summed E-state index contributed by atoms with van der Waals surface area (Å²) >= 11 is 0. The van der Waals surface area contributed by atoms with Crippen LogP contribution < -0.4 is 9.46 Å². The van der Waals surface area contributed by atoms with Crippen LogP contribution in [0.15, 0.2) is 35.1 Å². The van der Waals surface area contributed by atoms with Crippen LogP contribution >= 0.6 is 0 Å². The molecule has 0 aliphatic heterocycles. The number of methoxy groups -OCH3 is 1. The molecular formula is C17H18F2N4O4S.